The van der Waals surface area contributed by atoms with Gasteiger partial charge in [0.25, 0.3) is 5.91 Å². The van der Waals surface area contributed by atoms with Gasteiger partial charge in [-0.1, -0.05) is 13.8 Å². The monoisotopic (exact) mass is 439 g/mol. The van der Waals surface area contributed by atoms with E-state index in [-0.39, 0.29) is 11.2 Å². The van der Waals surface area contributed by atoms with Crippen molar-refractivity contribution in [3.05, 3.63) is 40.7 Å². The third-order valence-corrected chi connectivity index (χ3v) is 6.30. The highest BCUT2D eigenvalue weighted by Gasteiger charge is 2.35. The molecule has 32 heavy (non-hydrogen) atoms. The number of anilines is 1. The molecule has 8 heteroatoms. The third kappa shape index (κ3) is 4.71. The van der Waals surface area contributed by atoms with Crippen molar-refractivity contribution < 1.29 is 14.3 Å². The molecule has 1 aliphatic carbocycles. The van der Waals surface area contributed by atoms with E-state index in [1.165, 1.54) is 0 Å². The van der Waals surface area contributed by atoms with Crippen LogP contribution in [0.2, 0.25) is 0 Å². The SMILES string of the molecule is Cc1nn(-c2ccc(C(N)=O)c(NCCCN3CCOCC3)c2)c2c1C(=O)CC(C)(C)C2. The number of nitrogens with two attached hydrogens (primary N) is 1. The quantitative estimate of drug-likeness (QED) is 0.643. The highest BCUT2D eigenvalue weighted by molar-refractivity contribution is 6.00. The van der Waals surface area contributed by atoms with E-state index in [1.807, 2.05) is 23.7 Å². The molecule has 2 heterocycles. The topological polar surface area (TPSA) is 102 Å². The number of ketones is 1. The molecule has 4 rings (SSSR count). The molecule has 0 saturated carbocycles. The van der Waals surface area contributed by atoms with E-state index in [0.29, 0.717) is 17.7 Å². The van der Waals surface area contributed by atoms with E-state index < -0.39 is 5.91 Å². The molecule has 0 spiro atoms. The zero-order chi connectivity index (χ0) is 22.9. The summed E-state index contributed by atoms with van der Waals surface area (Å²) in [6.45, 7) is 11.3. The fourth-order valence-electron chi connectivity index (χ4n) is 4.73. The summed E-state index contributed by atoms with van der Waals surface area (Å²) in [5.74, 6) is -0.322. The van der Waals surface area contributed by atoms with Crippen LogP contribution in [0.15, 0.2) is 18.2 Å². The van der Waals surface area contributed by atoms with Gasteiger partial charge < -0.3 is 15.8 Å². The summed E-state index contributed by atoms with van der Waals surface area (Å²) in [7, 11) is 0. The van der Waals surface area contributed by atoms with Crippen LogP contribution in [0.4, 0.5) is 5.69 Å². The smallest absolute Gasteiger partial charge is 0.250 e. The van der Waals surface area contributed by atoms with Crippen molar-refractivity contribution in [2.75, 3.05) is 44.7 Å². The summed E-state index contributed by atoms with van der Waals surface area (Å²) >= 11 is 0. The average Bonchev–Trinajstić information content (AvgIpc) is 3.07. The number of hydrogen-bond acceptors (Lipinski definition) is 6. The minimum absolute atomic E-state index is 0.109. The summed E-state index contributed by atoms with van der Waals surface area (Å²) in [5, 5.41) is 8.07. The molecule has 0 radical (unpaired) electrons. The second-order valence-corrected chi connectivity index (χ2v) is 9.59. The summed E-state index contributed by atoms with van der Waals surface area (Å²) in [5.41, 5.74) is 9.91. The summed E-state index contributed by atoms with van der Waals surface area (Å²) in [6.07, 6.45) is 2.25. The fraction of sp³-hybridized carbons (Fsp3) is 0.542. The van der Waals surface area contributed by atoms with E-state index in [0.717, 1.165) is 74.9 Å². The maximum atomic E-state index is 12.7. The van der Waals surface area contributed by atoms with Gasteiger partial charge in [0, 0.05) is 31.7 Å². The predicted molar refractivity (Wildman–Crippen MR) is 124 cm³/mol. The van der Waals surface area contributed by atoms with Gasteiger partial charge in [0.1, 0.15) is 0 Å². The number of carbonyl (C=O) groups is 2. The van der Waals surface area contributed by atoms with Crippen LogP contribution < -0.4 is 11.1 Å². The lowest BCUT2D eigenvalue weighted by Gasteiger charge is -2.29. The van der Waals surface area contributed by atoms with E-state index in [4.69, 9.17) is 10.5 Å². The Morgan fingerprint density at radius 3 is 2.72 bits per heavy atom. The normalized spacial score (nSPS) is 18.4. The number of benzene rings is 1. The number of carbonyl (C=O) groups excluding carboxylic acids is 2. The first-order valence-electron chi connectivity index (χ1n) is 11.3. The Balaban J connectivity index is 1.56. The van der Waals surface area contributed by atoms with E-state index in [1.54, 1.807) is 6.07 Å². The molecule has 1 saturated heterocycles. The Morgan fingerprint density at radius 2 is 2.00 bits per heavy atom. The summed E-state index contributed by atoms with van der Waals surface area (Å²) < 4.78 is 7.25. The number of nitrogens with zero attached hydrogens (tertiary/aromatic N) is 3. The highest BCUT2D eigenvalue weighted by Crippen LogP contribution is 2.37. The number of primary amides is 1. The Hall–Kier alpha value is -2.71. The van der Waals surface area contributed by atoms with Crippen molar-refractivity contribution in [3.8, 4) is 5.69 Å². The van der Waals surface area contributed by atoms with Crippen LogP contribution in [0.1, 0.15) is 58.8 Å². The first-order chi connectivity index (χ1) is 15.2. The van der Waals surface area contributed by atoms with Gasteiger partial charge in [-0.05, 0) is 49.9 Å². The van der Waals surface area contributed by atoms with Crippen molar-refractivity contribution in [1.29, 1.82) is 0 Å². The number of aryl methyl sites for hydroxylation is 1. The van der Waals surface area contributed by atoms with Crippen molar-refractivity contribution >= 4 is 17.4 Å². The second kappa shape index (κ2) is 9.03. The van der Waals surface area contributed by atoms with Gasteiger partial charge in [-0.2, -0.15) is 5.10 Å². The van der Waals surface area contributed by atoms with Gasteiger partial charge in [-0.25, -0.2) is 4.68 Å². The molecule has 0 unspecified atom stereocenters. The molecule has 3 N–H and O–H groups in total. The Bertz CT molecular complexity index is 1020. The summed E-state index contributed by atoms with van der Waals surface area (Å²) in [4.78, 5) is 27.1. The van der Waals surface area contributed by atoms with Gasteiger partial charge in [-0.3, -0.25) is 14.5 Å². The Morgan fingerprint density at radius 1 is 1.25 bits per heavy atom. The number of ether oxygens (including phenoxy) is 1. The molecule has 1 aliphatic heterocycles. The van der Waals surface area contributed by atoms with E-state index >= 15 is 0 Å². The lowest BCUT2D eigenvalue weighted by atomic mass is 9.75. The second-order valence-electron chi connectivity index (χ2n) is 9.59. The first kappa shape index (κ1) is 22.5. The number of rotatable bonds is 7. The van der Waals surface area contributed by atoms with Crippen LogP contribution in [0, 0.1) is 12.3 Å². The van der Waals surface area contributed by atoms with E-state index in [2.05, 4.69) is 29.2 Å². The van der Waals surface area contributed by atoms with Crippen LogP contribution in [0.3, 0.4) is 0 Å². The van der Waals surface area contributed by atoms with Crippen molar-refractivity contribution in [1.82, 2.24) is 14.7 Å². The van der Waals surface area contributed by atoms with Crippen LogP contribution in [0.25, 0.3) is 5.69 Å². The average molecular weight is 440 g/mol. The first-order valence-corrected chi connectivity index (χ1v) is 11.3. The van der Waals surface area contributed by atoms with Crippen molar-refractivity contribution in [2.45, 2.75) is 40.0 Å². The van der Waals surface area contributed by atoms with Crippen LogP contribution in [-0.4, -0.2) is 65.8 Å². The van der Waals surface area contributed by atoms with Gasteiger partial charge in [0.05, 0.1) is 41.4 Å². The molecule has 8 nitrogen and oxygen atoms in total. The standard InChI is InChI=1S/C24H33N5O3/c1-16-22-20(14-24(2,3)15-21(22)30)29(27-16)17-5-6-18(23(25)31)19(13-17)26-7-4-8-28-9-11-32-12-10-28/h5-6,13,26H,4,7-12,14-15H2,1-3H3,(H2,25,31). The van der Waals surface area contributed by atoms with Gasteiger partial charge in [0.15, 0.2) is 5.78 Å². The van der Waals surface area contributed by atoms with Gasteiger partial charge in [-0.15, -0.1) is 0 Å². The molecule has 1 aromatic carbocycles. The Kier molecular flexibility index (Phi) is 6.35. The van der Waals surface area contributed by atoms with Crippen molar-refractivity contribution in [3.63, 3.8) is 0 Å². The van der Waals surface area contributed by atoms with Crippen LogP contribution in [-0.2, 0) is 11.2 Å². The number of amides is 1. The maximum absolute atomic E-state index is 12.7. The number of morpholine rings is 1. The number of aromatic nitrogens is 2. The zero-order valence-corrected chi connectivity index (χ0v) is 19.2. The minimum Gasteiger partial charge on any atom is -0.384 e. The molecule has 2 aliphatic rings. The van der Waals surface area contributed by atoms with Crippen LogP contribution in [0.5, 0.6) is 0 Å². The fourth-order valence-corrected chi connectivity index (χ4v) is 4.73. The number of hydrogen-bond donors (Lipinski definition) is 2. The van der Waals surface area contributed by atoms with Gasteiger partial charge in [0.2, 0.25) is 0 Å². The maximum Gasteiger partial charge on any atom is 0.250 e. The molecular weight excluding hydrogens is 406 g/mol. The lowest BCUT2D eigenvalue weighted by Crippen LogP contribution is -2.37. The molecule has 1 aromatic heterocycles. The number of nitrogens with one attached hydrogen (secondary N) is 1. The Labute approximate surface area is 189 Å². The predicted octanol–water partition coefficient (Wildman–Crippen LogP) is 2.57. The molecule has 2 aromatic rings. The minimum atomic E-state index is -0.470. The molecular formula is C24H33N5O3. The largest absolute Gasteiger partial charge is 0.384 e. The lowest BCUT2D eigenvalue weighted by molar-refractivity contribution is 0.0378. The zero-order valence-electron chi connectivity index (χ0n) is 19.2. The molecule has 1 amide bonds. The molecule has 0 bridgehead atoms. The van der Waals surface area contributed by atoms with Gasteiger partial charge >= 0.3 is 0 Å². The van der Waals surface area contributed by atoms with Crippen molar-refractivity contribution in [2.24, 2.45) is 11.1 Å². The number of fused-ring (bicyclic) bond motifs is 1. The molecule has 0 atom stereocenters. The molecule has 172 valence electrons. The summed E-state index contributed by atoms with van der Waals surface area (Å²) in [6, 6.07) is 5.49. The highest BCUT2D eigenvalue weighted by atomic mass is 16.5. The van der Waals surface area contributed by atoms with Crippen LogP contribution >= 0.6 is 0 Å². The third-order valence-electron chi connectivity index (χ3n) is 6.30. The van der Waals surface area contributed by atoms with E-state index in [9.17, 15) is 9.59 Å². The number of Topliss-reactive ketones (excluding diaryl/α,β-unsaturated/α-hetero) is 1. The molecule has 1 fully saturated rings.